The molecule has 0 bridgehead atoms. The molecule has 3 nitrogen and oxygen atoms in total. The topological polar surface area (TPSA) is 46.5 Å². The van der Waals surface area contributed by atoms with Gasteiger partial charge in [-0.2, -0.15) is 0 Å². The normalized spacial score (nSPS) is 13.4. The third-order valence-corrected chi connectivity index (χ3v) is 1.20. The molecule has 0 heterocycles. The molecule has 0 saturated carbocycles. The minimum Gasteiger partial charge on any atom is -0.459 e. The van der Waals surface area contributed by atoms with Gasteiger partial charge >= 0.3 is 5.97 Å². The lowest BCUT2D eigenvalue weighted by Crippen LogP contribution is -2.14. The molecule has 13 heavy (non-hydrogen) atoms. The zero-order chi connectivity index (χ0) is 10.1. The number of hydrogen-bond acceptors (Lipinski definition) is 3. The van der Waals surface area contributed by atoms with Crippen LogP contribution in [0.4, 0.5) is 0 Å². The van der Waals surface area contributed by atoms with Crippen molar-refractivity contribution in [2.75, 3.05) is 6.61 Å². The third-order valence-electron chi connectivity index (χ3n) is 1.20. The second-order valence-electron chi connectivity index (χ2n) is 2.31. The first-order chi connectivity index (χ1) is 6.20. The number of allylic oxidation sites excluding steroid dienone is 3. The molecule has 1 atom stereocenters. The lowest BCUT2D eigenvalue weighted by Gasteiger charge is -2.04. The van der Waals surface area contributed by atoms with Gasteiger partial charge < -0.3 is 9.84 Å². The van der Waals surface area contributed by atoms with Crippen molar-refractivity contribution in [1.82, 2.24) is 0 Å². The molecule has 0 rings (SSSR count). The Balaban J connectivity index is 3.68. The summed E-state index contributed by atoms with van der Waals surface area (Å²) >= 11 is 0. The molecule has 1 unspecified atom stereocenters. The van der Waals surface area contributed by atoms with Crippen molar-refractivity contribution in [2.24, 2.45) is 0 Å². The Morgan fingerprint density at radius 2 is 2.31 bits per heavy atom. The summed E-state index contributed by atoms with van der Waals surface area (Å²) in [7, 11) is 0. The summed E-state index contributed by atoms with van der Waals surface area (Å²) in [6.07, 6.45) is 7.13. The van der Waals surface area contributed by atoms with Crippen LogP contribution in [0.5, 0.6) is 0 Å². The van der Waals surface area contributed by atoms with Crippen LogP contribution in [0, 0.1) is 0 Å². The summed E-state index contributed by atoms with van der Waals surface area (Å²) in [4.78, 5) is 10.6. The van der Waals surface area contributed by atoms with Crippen LogP contribution in [0.25, 0.3) is 0 Å². The van der Waals surface area contributed by atoms with E-state index in [9.17, 15) is 9.90 Å². The molecule has 0 aliphatic rings. The van der Waals surface area contributed by atoms with E-state index in [1.54, 1.807) is 12.2 Å². The molecule has 0 amide bonds. The first kappa shape index (κ1) is 11.6. The smallest absolute Gasteiger partial charge is 0.330 e. The summed E-state index contributed by atoms with van der Waals surface area (Å²) in [5.74, 6) is -0.529. The zero-order valence-electron chi connectivity index (χ0n) is 7.64. The van der Waals surface area contributed by atoms with Gasteiger partial charge in [0.1, 0.15) is 12.7 Å². The van der Waals surface area contributed by atoms with E-state index >= 15 is 0 Å². The van der Waals surface area contributed by atoms with E-state index in [0.717, 1.165) is 6.08 Å². The van der Waals surface area contributed by atoms with Gasteiger partial charge in [0.25, 0.3) is 0 Å². The van der Waals surface area contributed by atoms with E-state index in [4.69, 9.17) is 0 Å². The lowest BCUT2D eigenvalue weighted by atomic mass is 10.3. The zero-order valence-corrected chi connectivity index (χ0v) is 7.64. The summed E-state index contributed by atoms with van der Waals surface area (Å²) < 4.78 is 4.60. The van der Waals surface area contributed by atoms with Crippen molar-refractivity contribution >= 4 is 5.97 Å². The predicted molar refractivity (Wildman–Crippen MR) is 51.1 cm³/mol. The molecule has 0 fully saturated rings. The molecule has 0 saturated heterocycles. The van der Waals surface area contributed by atoms with E-state index in [0.29, 0.717) is 0 Å². The fourth-order valence-electron chi connectivity index (χ4n) is 0.586. The highest BCUT2D eigenvalue weighted by atomic mass is 16.5. The molecule has 0 aromatic heterocycles. The Hall–Kier alpha value is -1.35. The van der Waals surface area contributed by atoms with E-state index < -0.39 is 12.1 Å². The number of carbonyl (C=O) groups is 1. The van der Waals surface area contributed by atoms with Crippen LogP contribution in [0.2, 0.25) is 0 Å². The first-order valence-electron chi connectivity index (χ1n) is 3.97. The van der Waals surface area contributed by atoms with Crippen molar-refractivity contribution in [1.29, 1.82) is 0 Å². The van der Waals surface area contributed by atoms with Crippen LogP contribution in [0.1, 0.15) is 6.92 Å². The number of rotatable bonds is 5. The Morgan fingerprint density at radius 1 is 1.62 bits per heavy atom. The van der Waals surface area contributed by atoms with Crippen LogP contribution < -0.4 is 0 Å². The summed E-state index contributed by atoms with van der Waals surface area (Å²) in [6, 6.07) is 0. The minimum atomic E-state index is -0.764. The Kier molecular flexibility index (Phi) is 6.55. The van der Waals surface area contributed by atoms with Crippen molar-refractivity contribution in [2.45, 2.75) is 13.0 Å². The second-order valence-corrected chi connectivity index (χ2v) is 2.31. The van der Waals surface area contributed by atoms with Crippen LogP contribution in [0.3, 0.4) is 0 Å². The number of hydrogen-bond donors (Lipinski definition) is 1. The molecule has 0 aromatic carbocycles. The maximum Gasteiger partial charge on any atom is 0.330 e. The molecule has 0 aromatic rings. The van der Waals surface area contributed by atoms with E-state index in [-0.39, 0.29) is 6.61 Å². The van der Waals surface area contributed by atoms with Crippen LogP contribution in [0.15, 0.2) is 37.0 Å². The van der Waals surface area contributed by atoms with E-state index in [1.165, 1.54) is 6.08 Å². The molecule has 3 heteroatoms. The number of ether oxygens (including phenoxy) is 1. The number of aliphatic hydroxyl groups is 1. The van der Waals surface area contributed by atoms with Crippen LogP contribution in [-0.2, 0) is 9.53 Å². The van der Waals surface area contributed by atoms with Gasteiger partial charge in [0.05, 0.1) is 0 Å². The molecular formula is C10H14O3. The molecule has 1 N–H and O–H groups in total. The lowest BCUT2D eigenvalue weighted by molar-refractivity contribution is -0.139. The van der Waals surface area contributed by atoms with E-state index in [1.807, 2.05) is 13.0 Å². The van der Waals surface area contributed by atoms with Crippen molar-refractivity contribution in [3.05, 3.63) is 37.0 Å². The minimum absolute atomic E-state index is 0.0428. The average Bonchev–Trinajstić information content (AvgIpc) is 2.14. The summed E-state index contributed by atoms with van der Waals surface area (Å²) in [6.45, 7) is 5.06. The Morgan fingerprint density at radius 3 is 2.85 bits per heavy atom. The third kappa shape index (κ3) is 7.03. The van der Waals surface area contributed by atoms with Crippen molar-refractivity contribution in [3.8, 4) is 0 Å². The van der Waals surface area contributed by atoms with Gasteiger partial charge in [-0.3, -0.25) is 0 Å². The van der Waals surface area contributed by atoms with E-state index in [2.05, 4.69) is 11.3 Å². The SMILES string of the molecule is C=CC(=O)OCC(O)C=CC=CC. The van der Waals surface area contributed by atoms with Gasteiger partial charge in [-0.15, -0.1) is 0 Å². The fraction of sp³-hybridized carbons (Fsp3) is 0.300. The van der Waals surface area contributed by atoms with Crippen molar-refractivity contribution < 1.29 is 14.6 Å². The van der Waals surface area contributed by atoms with Gasteiger partial charge in [-0.05, 0) is 6.92 Å². The first-order valence-corrected chi connectivity index (χ1v) is 3.97. The fourth-order valence-corrected chi connectivity index (χ4v) is 0.586. The van der Waals surface area contributed by atoms with Gasteiger partial charge in [0.2, 0.25) is 0 Å². The average molecular weight is 182 g/mol. The van der Waals surface area contributed by atoms with Gasteiger partial charge in [0, 0.05) is 6.08 Å². The number of esters is 1. The molecule has 0 spiro atoms. The molecule has 0 aliphatic heterocycles. The van der Waals surface area contributed by atoms with Gasteiger partial charge in [0.15, 0.2) is 0 Å². The van der Waals surface area contributed by atoms with Gasteiger partial charge in [-0.1, -0.05) is 30.9 Å². The van der Waals surface area contributed by atoms with Crippen molar-refractivity contribution in [3.63, 3.8) is 0 Å². The monoisotopic (exact) mass is 182 g/mol. The van der Waals surface area contributed by atoms with Crippen LogP contribution in [-0.4, -0.2) is 23.8 Å². The summed E-state index contributed by atoms with van der Waals surface area (Å²) in [5, 5.41) is 9.19. The molecule has 72 valence electrons. The predicted octanol–water partition coefficient (Wildman–Crippen LogP) is 1.21. The highest BCUT2D eigenvalue weighted by Crippen LogP contribution is 1.90. The maximum absolute atomic E-state index is 10.6. The number of carbonyl (C=O) groups excluding carboxylic acids is 1. The quantitative estimate of drug-likeness (QED) is 0.395. The number of aliphatic hydroxyl groups excluding tert-OH is 1. The Labute approximate surface area is 78.0 Å². The highest BCUT2D eigenvalue weighted by Gasteiger charge is 2.01. The largest absolute Gasteiger partial charge is 0.459 e. The molecule has 0 aliphatic carbocycles. The Bertz CT molecular complexity index is 216. The highest BCUT2D eigenvalue weighted by molar-refractivity contribution is 5.81. The molecular weight excluding hydrogens is 168 g/mol. The second kappa shape index (κ2) is 7.31. The molecule has 0 radical (unpaired) electrons. The maximum atomic E-state index is 10.6. The summed E-state index contributed by atoms with van der Waals surface area (Å²) in [5.41, 5.74) is 0. The van der Waals surface area contributed by atoms with Crippen LogP contribution >= 0.6 is 0 Å². The standard InChI is InChI=1S/C10H14O3/c1-3-5-6-7-9(11)8-13-10(12)4-2/h3-7,9,11H,2,8H2,1H3. The van der Waals surface area contributed by atoms with Gasteiger partial charge in [-0.25, -0.2) is 4.79 Å².